The minimum absolute atomic E-state index is 0.263. The maximum atomic E-state index is 12.2. The third kappa shape index (κ3) is 2.11. The van der Waals surface area contributed by atoms with E-state index in [-0.39, 0.29) is 12.5 Å². The largest absolute Gasteiger partial charge is 0.465 e. The Hall–Kier alpha value is -2.83. The number of hydrogen-bond donors (Lipinski definition) is 2. The van der Waals surface area contributed by atoms with Crippen molar-refractivity contribution in [3.05, 3.63) is 53.3 Å². The van der Waals surface area contributed by atoms with Crippen LogP contribution < -0.4 is 5.43 Å². The Bertz CT molecular complexity index is 737. The molecular weight excluding hydrogens is 284 g/mol. The first-order chi connectivity index (χ1) is 10.4. The number of nitrogens with zero attached hydrogens (tertiary/aromatic N) is 3. The van der Waals surface area contributed by atoms with E-state index in [9.17, 15) is 14.7 Å². The zero-order chi connectivity index (χ0) is 15.9. The molecule has 0 aliphatic carbocycles. The molecule has 1 aliphatic heterocycles. The van der Waals surface area contributed by atoms with Gasteiger partial charge in [0, 0.05) is 11.1 Å². The molecule has 1 aromatic heterocycles. The van der Waals surface area contributed by atoms with Crippen LogP contribution >= 0.6 is 0 Å². The number of nitrogens with one attached hydrogen (secondary N) is 1. The van der Waals surface area contributed by atoms with E-state index in [1.807, 2.05) is 6.07 Å². The highest BCUT2D eigenvalue weighted by molar-refractivity contribution is 5.99. The van der Waals surface area contributed by atoms with Crippen LogP contribution in [0.2, 0.25) is 0 Å². The van der Waals surface area contributed by atoms with Crippen LogP contribution in [-0.2, 0) is 12.1 Å². The van der Waals surface area contributed by atoms with Crippen molar-refractivity contribution in [1.82, 2.24) is 14.8 Å². The van der Waals surface area contributed by atoms with Crippen LogP contribution in [0.3, 0.4) is 0 Å². The Morgan fingerprint density at radius 3 is 2.59 bits per heavy atom. The fraction of sp³-hybridized carbons (Fsp3) is 0.267. The van der Waals surface area contributed by atoms with Gasteiger partial charge >= 0.3 is 6.09 Å². The van der Waals surface area contributed by atoms with Gasteiger partial charge in [0.2, 0.25) is 0 Å². The third-order valence-corrected chi connectivity index (χ3v) is 3.90. The molecule has 3 rings (SSSR count). The maximum absolute atomic E-state index is 12.2. The van der Waals surface area contributed by atoms with Gasteiger partial charge in [-0.15, -0.1) is 0 Å². The van der Waals surface area contributed by atoms with E-state index in [2.05, 4.69) is 10.5 Å². The number of fused-ring (bicyclic) bond motifs is 1. The average Bonchev–Trinajstić information content (AvgIpc) is 2.99. The lowest BCUT2D eigenvalue weighted by Gasteiger charge is -2.30. The summed E-state index contributed by atoms with van der Waals surface area (Å²) in [6, 6.07) is 8.79. The van der Waals surface area contributed by atoms with E-state index in [0.29, 0.717) is 11.3 Å². The SMILES string of the molecule is CC1(C)c2c(cnn2NC(=O)c2ccccc2)CN1C(=O)O. The lowest BCUT2D eigenvalue weighted by atomic mass is 10.0. The molecule has 0 saturated heterocycles. The molecule has 1 aromatic carbocycles. The Morgan fingerprint density at radius 2 is 1.95 bits per heavy atom. The zero-order valence-corrected chi connectivity index (χ0v) is 12.3. The van der Waals surface area contributed by atoms with Crippen LogP contribution in [0.5, 0.6) is 0 Å². The lowest BCUT2D eigenvalue weighted by Crippen LogP contribution is -2.42. The van der Waals surface area contributed by atoms with E-state index in [1.54, 1.807) is 44.3 Å². The number of carbonyl (C=O) groups is 2. The van der Waals surface area contributed by atoms with Gasteiger partial charge < -0.3 is 5.11 Å². The summed E-state index contributed by atoms with van der Waals surface area (Å²) >= 11 is 0. The summed E-state index contributed by atoms with van der Waals surface area (Å²) in [5, 5.41) is 13.5. The van der Waals surface area contributed by atoms with Gasteiger partial charge in [-0.2, -0.15) is 9.89 Å². The van der Waals surface area contributed by atoms with Crippen molar-refractivity contribution in [3.8, 4) is 0 Å². The molecular formula is C15H16N4O3. The van der Waals surface area contributed by atoms with Gasteiger partial charge in [0.05, 0.1) is 24.0 Å². The van der Waals surface area contributed by atoms with Gasteiger partial charge in [0.15, 0.2) is 0 Å². The Labute approximate surface area is 127 Å². The number of hydrogen-bond acceptors (Lipinski definition) is 3. The van der Waals surface area contributed by atoms with Crippen molar-refractivity contribution in [2.24, 2.45) is 0 Å². The number of amides is 2. The first-order valence-electron chi connectivity index (χ1n) is 6.85. The molecule has 22 heavy (non-hydrogen) atoms. The molecule has 0 atom stereocenters. The number of carbonyl (C=O) groups excluding carboxylic acids is 1. The first kappa shape index (κ1) is 14.1. The smallest absolute Gasteiger partial charge is 0.408 e. The molecule has 2 N–H and O–H groups in total. The molecule has 114 valence electrons. The minimum Gasteiger partial charge on any atom is -0.465 e. The molecule has 0 fully saturated rings. The summed E-state index contributed by atoms with van der Waals surface area (Å²) in [7, 11) is 0. The number of benzene rings is 1. The van der Waals surface area contributed by atoms with Crippen molar-refractivity contribution >= 4 is 12.0 Å². The van der Waals surface area contributed by atoms with Gasteiger partial charge in [-0.25, -0.2) is 10.2 Å². The van der Waals surface area contributed by atoms with Crippen molar-refractivity contribution in [2.45, 2.75) is 25.9 Å². The normalized spacial score (nSPS) is 15.5. The van der Waals surface area contributed by atoms with E-state index in [1.165, 1.54) is 9.69 Å². The van der Waals surface area contributed by atoms with Crippen LogP contribution in [0.25, 0.3) is 0 Å². The molecule has 1 aliphatic rings. The average molecular weight is 300 g/mol. The predicted molar refractivity (Wildman–Crippen MR) is 79.0 cm³/mol. The van der Waals surface area contributed by atoms with Crippen LogP contribution in [-0.4, -0.2) is 31.9 Å². The molecule has 7 nitrogen and oxygen atoms in total. The Kier molecular flexibility index (Phi) is 3.13. The van der Waals surface area contributed by atoms with Crippen LogP contribution in [0.15, 0.2) is 36.5 Å². The summed E-state index contributed by atoms with van der Waals surface area (Å²) in [6.07, 6.45) is 0.591. The van der Waals surface area contributed by atoms with Crippen LogP contribution in [0.1, 0.15) is 35.5 Å². The maximum Gasteiger partial charge on any atom is 0.408 e. The second kappa shape index (κ2) is 4.87. The summed E-state index contributed by atoms with van der Waals surface area (Å²) in [5.41, 5.74) is 3.92. The molecule has 0 unspecified atom stereocenters. The van der Waals surface area contributed by atoms with E-state index in [0.717, 1.165) is 5.56 Å². The molecule has 0 radical (unpaired) electrons. The molecule has 0 bridgehead atoms. The topological polar surface area (TPSA) is 87.5 Å². The minimum atomic E-state index is -0.998. The quantitative estimate of drug-likeness (QED) is 0.888. The van der Waals surface area contributed by atoms with E-state index in [4.69, 9.17) is 0 Å². The van der Waals surface area contributed by atoms with Gasteiger partial charge in [0.1, 0.15) is 0 Å². The molecule has 0 spiro atoms. The van der Waals surface area contributed by atoms with E-state index < -0.39 is 11.6 Å². The van der Waals surface area contributed by atoms with E-state index >= 15 is 0 Å². The number of rotatable bonds is 2. The van der Waals surface area contributed by atoms with Gasteiger partial charge in [-0.1, -0.05) is 18.2 Å². The Balaban J connectivity index is 1.91. The highest BCUT2D eigenvalue weighted by atomic mass is 16.4. The second-order valence-corrected chi connectivity index (χ2v) is 5.66. The lowest BCUT2D eigenvalue weighted by molar-refractivity contribution is 0.0950. The summed E-state index contributed by atoms with van der Waals surface area (Å²) in [5.74, 6) is -0.295. The second-order valence-electron chi connectivity index (χ2n) is 5.66. The number of carboxylic acid groups (broad SMARTS) is 1. The standard InChI is InChI=1S/C15H16N4O3/c1-15(2)12-11(9-18(15)14(21)22)8-16-19(12)17-13(20)10-6-4-3-5-7-10/h3-8H,9H2,1-2H3,(H,17,20)(H,21,22). The van der Waals surface area contributed by atoms with Gasteiger partial charge in [-0.3, -0.25) is 9.69 Å². The van der Waals surface area contributed by atoms with Crippen molar-refractivity contribution < 1.29 is 14.7 Å². The van der Waals surface area contributed by atoms with Crippen molar-refractivity contribution in [1.29, 1.82) is 0 Å². The molecule has 7 heteroatoms. The summed E-state index contributed by atoms with van der Waals surface area (Å²) in [6.45, 7) is 3.85. The third-order valence-electron chi connectivity index (χ3n) is 3.90. The van der Waals surface area contributed by atoms with Gasteiger partial charge in [-0.05, 0) is 26.0 Å². The predicted octanol–water partition coefficient (Wildman–Crippen LogP) is 2.00. The number of aromatic nitrogens is 2. The molecule has 0 saturated carbocycles. The van der Waals surface area contributed by atoms with Crippen LogP contribution in [0.4, 0.5) is 4.79 Å². The zero-order valence-electron chi connectivity index (χ0n) is 12.3. The molecule has 2 heterocycles. The highest BCUT2D eigenvalue weighted by Gasteiger charge is 2.44. The molecule has 2 amide bonds. The fourth-order valence-corrected chi connectivity index (χ4v) is 2.79. The monoisotopic (exact) mass is 300 g/mol. The molecule has 2 aromatic rings. The van der Waals surface area contributed by atoms with Crippen LogP contribution in [0, 0.1) is 0 Å². The van der Waals surface area contributed by atoms with Crippen molar-refractivity contribution in [3.63, 3.8) is 0 Å². The summed E-state index contributed by atoms with van der Waals surface area (Å²) < 4.78 is 0. The van der Waals surface area contributed by atoms with Gasteiger partial charge in [0.25, 0.3) is 5.91 Å². The first-order valence-corrected chi connectivity index (χ1v) is 6.85. The van der Waals surface area contributed by atoms with Crippen molar-refractivity contribution in [2.75, 3.05) is 5.43 Å². The summed E-state index contributed by atoms with van der Waals surface area (Å²) in [4.78, 5) is 26.3. The highest BCUT2D eigenvalue weighted by Crippen LogP contribution is 2.38. The Morgan fingerprint density at radius 1 is 1.27 bits per heavy atom. The fourth-order valence-electron chi connectivity index (χ4n) is 2.79.